The number of halogens is 2. The van der Waals surface area contributed by atoms with Crippen LogP contribution in [-0.4, -0.2) is 35.8 Å². The van der Waals surface area contributed by atoms with Crippen LogP contribution in [0.2, 0.25) is 5.02 Å². The van der Waals surface area contributed by atoms with Gasteiger partial charge in [-0.25, -0.2) is 4.90 Å². The predicted molar refractivity (Wildman–Crippen MR) is 202 cm³/mol. The second-order valence-corrected chi connectivity index (χ2v) is 15.1. The van der Waals surface area contributed by atoms with Crippen molar-refractivity contribution in [1.82, 2.24) is 0 Å². The van der Waals surface area contributed by atoms with Gasteiger partial charge in [-0.2, -0.15) is 0 Å². The van der Waals surface area contributed by atoms with Gasteiger partial charge in [0.15, 0.2) is 11.5 Å². The highest BCUT2D eigenvalue weighted by Gasteiger charge is 2.69. The zero-order valence-corrected chi connectivity index (χ0v) is 30.3. The number of fused-ring (bicyclic) bond motifs is 4. The van der Waals surface area contributed by atoms with Gasteiger partial charge in [0.25, 0.3) is 0 Å². The Morgan fingerprint density at radius 1 is 0.843 bits per heavy atom. The number of allylic oxidation sites excluding steroid dienone is 3. The molecular weight excluding hydrogens is 779 g/mol. The van der Waals surface area contributed by atoms with Crippen LogP contribution in [0.1, 0.15) is 24.0 Å². The Labute approximate surface area is 313 Å². The third kappa shape index (κ3) is 5.15. The predicted octanol–water partition coefficient (Wildman–Crippen LogP) is 7.57. The molecule has 1 N–H and O–H groups in total. The molecule has 4 aromatic rings. The summed E-state index contributed by atoms with van der Waals surface area (Å²) in [5, 5.41) is 10.7. The summed E-state index contributed by atoms with van der Waals surface area (Å²) in [6.07, 6.45) is 6.37. The molecule has 0 radical (unpaired) electrons. The molecule has 0 spiro atoms. The minimum absolute atomic E-state index is 0.00921. The average Bonchev–Trinajstić information content (AvgIpc) is 3.53. The number of nitrogens with zero attached hydrogens (tertiary/aromatic N) is 2. The molecule has 4 amide bonds. The van der Waals surface area contributed by atoms with Crippen molar-refractivity contribution < 1.29 is 29.0 Å². The molecule has 2 saturated heterocycles. The van der Waals surface area contributed by atoms with Crippen molar-refractivity contribution in [2.75, 3.05) is 16.9 Å². The molecule has 3 fully saturated rings. The first kappa shape index (κ1) is 33.4. The maximum absolute atomic E-state index is 15.3. The summed E-state index contributed by atoms with van der Waals surface area (Å²) in [7, 11) is 1.47. The molecule has 256 valence electrons. The molecule has 51 heavy (non-hydrogen) atoms. The largest absolute Gasteiger partial charge is 0.504 e. The topological polar surface area (TPSA) is 104 Å². The van der Waals surface area contributed by atoms with Gasteiger partial charge in [0.05, 0.1) is 41.7 Å². The Kier molecular flexibility index (Phi) is 8.38. The fraction of sp³-hybridized carbons (Fsp3) is 0.220. The minimum atomic E-state index is -1.37. The maximum atomic E-state index is 15.3. The molecule has 10 heteroatoms. The van der Waals surface area contributed by atoms with Gasteiger partial charge in [-0.05, 0) is 107 Å². The van der Waals surface area contributed by atoms with Crippen LogP contribution in [0, 0.1) is 33.2 Å². The fourth-order valence-corrected chi connectivity index (χ4v) is 9.38. The van der Waals surface area contributed by atoms with E-state index in [1.54, 1.807) is 48.5 Å². The van der Waals surface area contributed by atoms with Crippen LogP contribution < -0.4 is 14.5 Å². The van der Waals surface area contributed by atoms with Gasteiger partial charge in [-0.1, -0.05) is 77.9 Å². The lowest BCUT2D eigenvalue weighted by molar-refractivity contribution is -0.128. The van der Waals surface area contributed by atoms with Gasteiger partial charge >= 0.3 is 0 Å². The number of rotatable bonds is 6. The number of amides is 4. The van der Waals surface area contributed by atoms with E-state index in [2.05, 4.69) is 22.6 Å². The second-order valence-electron chi connectivity index (χ2n) is 13.4. The quantitative estimate of drug-likeness (QED) is 0.123. The molecule has 0 aromatic heterocycles. The molecule has 2 aliphatic carbocycles. The molecule has 4 aromatic carbocycles. The normalized spacial score (nSPS) is 27.0. The van der Waals surface area contributed by atoms with E-state index >= 15 is 4.79 Å². The number of ether oxygens (including phenoxy) is 1. The monoisotopic (exact) mass is 810 g/mol. The zero-order valence-electron chi connectivity index (χ0n) is 27.4. The van der Waals surface area contributed by atoms with E-state index in [0.717, 1.165) is 9.14 Å². The van der Waals surface area contributed by atoms with Gasteiger partial charge < -0.3 is 9.84 Å². The van der Waals surface area contributed by atoms with Crippen LogP contribution in [0.4, 0.5) is 11.4 Å². The lowest BCUT2D eigenvalue weighted by Gasteiger charge is -2.49. The van der Waals surface area contributed by atoms with E-state index in [1.807, 2.05) is 60.7 Å². The highest BCUT2D eigenvalue weighted by Crippen LogP contribution is 2.62. The fourth-order valence-electron chi connectivity index (χ4n) is 8.84. The number of anilines is 2. The second kappa shape index (κ2) is 12.8. The highest BCUT2D eigenvalue weighted by atomic mass is 127. The van der Waals surface area contributed by atoms with Gasteiger partial charge in [0.1, 0.15) is 0 Å². The number of hydrogen-bond acceptors (Lipinski definition) is 6. The molecule has 4 aliphatic rings. The van der Waals surface area contributed by atoms with Gasteiger partial charge in [-0.3, -0.25) is 24.1 Å². The molecule has 6 atom stereocenters. The van der Waals surface area contributed by atoms with Crippen molar-refractivity contribution in [3.05, 3.63) is 135 Å². The Hall–Kier alpha value is -4.74. The van der Waals surface area contributed by atoms with Crippen LogP contribution in [-0.2, 0) is 24.6 Å². The number of hydrogen-bond donors (Lipinski definition) is 1. The van der Waals surface area contributed by atoms with Gasteiger partial charge in [0.2, 0.25) is 23.6 Å². The third-order valence-electron chi connectivity index (χ3n) is 11.0. The highest BCUT2D eigenvalue weighted by molar-refractivity contribution is 14.1. The van der Waals surface area contributed by atoms with E-state index < -0.39 is 35.0 Å². The van der Waals surface area contributed by atoms with Crippen molar-refractivity contribution in [3.8, 4) is 11.5 Å². The van der Waals surface area contributed by atoms with E-state index in [1.165, 1.54) is 23.0 Å². The Morgan fingerprint density at radius 3 is 2.33 bits per heavy atom. The number of phenolic OH excluding ortho intramolecular Hbond substituents is 1. The van der Waals surface area contributed by atoms with E-state index in [-0.39, 0.29) is 35.8 Å². The number of carbonyl (C=O) groups excluding carboxylic acids is 4. The SMILES string of the molecule is COc1cc(C=CC2C3=CCC4C(=O)N(c5ccc(I)cc5)C(=O)C4C3CC3C(=O)N(c4cccc(Cl)c4)C(=O)C23c2ccccc2)ccc1O. The first-order chi connectivity index (χ1) is 24.6. The summed E-state index contributed by atoms with van der Waals surface area (Å²) < 4.78 is 6.34. The van der Waals surface area contributed by atoms with Crippen molar-refractivity contribution in [1.29, 1.82) is 0 Å². The van der Waals surface area contributed by atoms with Crippen LogP contribution in [0.5, 0.6) is 11.5 Å². The van der Waals surface area contributed by atoms with Gasteiger partial charge in [0, 0.05) is 14.5 Å². The van der Waals surface area contributed by atoms with Crippen molar-refractivity contribution in [3.63, 3.8) is 0 Å². The maximum Gasteiger partial charge on any atom is 0.246 e. The summed E-state index contributed by atoms with van der Waals surface area (Å²) in [6.45, 7) is 0. The minimum Gasteiger partial charge on any atom is -0.504 e. The molecule has 0 bridgehead atoms. The number of imide groups is 2. The zero-order chi connectivity index (χ0) is 35.6. The third-order valence-corrected chi connectivity index (χ3v) is 12.0. The van der Waals surface area contributed by atoms with Gasteiger partial charge in [-0.15, -0.1) is 0 Å². The van der Waals surface area contributed by atoms with Crippen molar-refractivity contribution >= 4 is 75.3 Å². The van der Waals surface area contributed by atoms with E-state index in [0.29, 0.717) is 39.7 Å². The van der Waals surface area contributed by atoms with E-state index in [9.17, 15) is 19.5 Å². The summed E-state index contributed by atoms with van der Waals surface area (Å²) in [6, 6.07) is 28.4. The Morgan fingerprint density at radius 2 is 1.61 bits per heavy atom. The molecule has 2 heterocycles. The van der Waals surface area contributed by atoms with E-state index in [4.69, 9.17) is 16.3 Å². The first-order valence-electron chi connectivity index (χ1n) is 16.7. The number of benzene rings is 4. The summed E-state index contributed by atoms with van der Waals surface area (Å²) in [5.74, 6) is -4.28. The Balaban J connectivity index is 1.32. The average molecular weight is 811 g/mol. The van der Waals surface area contributed by atoms with Crippen LogP contribution in [0.15, 0.2) is 115 Å². The van der Waals surface area contributed by atoms with Crippen LogP contribution >= 0.6 is 34.2 Å². The summed E-state index contributed by atoms with van der Waals surface area (Å²) in [5.41, 5.74) is 1.79. The molecule has 1 saturated carbocycles. The first-order valence-corrected chi connectivity index (χ1v) is 18.2. The lowest BCUT2D eigenvalue weighted by Crippen LogP contribution is -2.54. The molecular formula is C41H32ClIN2O6. The molecule has 2 aliphatic heterocycles. The number of phenols is 1. The molecule has 6 unspecified atom stereocenters. The lowest BCUT2D eigenvalue weighted by atomic mass is 9.50. The molecule has 8 nitrogen and oxygen atoms in total. The number of aromatic hydroxyl groups is 1. The number of methoxy groups -OCH3 is 1. The smallest absolute Gasteiger partial charge is 0.246 e. The van der Waals surface area contributed by atoms with Crippen molar-refractivity contribution in [2.24, 2.45) is 29.6 Å². The summed E-state index contributed by atoms with van der Waals surface area (Å²) >= 11 is 8.58. The summed E-state index contributed by atoms with van der Waals surface area (Å²) in [4.78, 5) is 61.0. The van der Waals surface area contributed by atoms with Crippen LogP contribution in [0.3, 0.4) is 0 Å². The standard InChI is InChI=1S/C41H32ClIN2O6/c1-51-35-20-23(11-19-34(35)46)10-18-32-29-16-17-30-36(39(49)44(37(30)47)27-14-12-26(43)13-15-27)31(29)22-33-38(48)45(28-9-5-8-25(42)21-28)40(50)41(32,33)24-6-3-2-4-7-24/h2-16,18-21,30-33,36,46H,17,22H2,1H3. The van der Waals surface area contributed by atoms with Crippen LogP contribution in [0.25, 0.3) is 6.08 Å². The number of carbonyl (C=O) groups is 4. The van der Waals surface area contributed by atoms with Crippen molar-refractivity contribution in [2.45, 2.75) is 18.3 Å². The Bertz CT molecular complexity index is 2170. The molecule has 8 rings (SSSR count).